The first kappa shape index (κ1) is 20.2. The summed E-state index contributed by atoms with van der Waals surface area (Å²) < 4.78 is 5.77. The second-order valence-electron chi connectivity index (χ2n) is 9.21. The van der Waals surface area contributed by atoms with Gasteiger partial charge in [-0.25, -0.2) is 4.79 Å². The van der Waals surface area contributed by atoms with Crippen molar-refractivity contribution in [2.45, 2.75) is 84.7 Å². The summed E-state index contributed by atoms with van der Waals surface area (Å²) in [5.41, 5.74) is 2.75. The fourth-order valence-electron chi connectivity index (χ4n) is 6.34. The zero-order chi connectivity index (χ0) is 18.9. The summed E-state index contributed by atoms with van der Waals surface area (Å²) >= 11 is 3.62. The molecular formula is C23H35BrO2. The molecule has 3 heteroatoms. The molecule has 0 spiro atoms. The standard InChI is InChI=1S/C23H35BrO2/c1-5-6-9-18-16(3)22(25)26-21(18)13-15(2)19-10-11-20-17(14-24)8-7-12-23(19,20)4/h14-15,18-21H,3,5-13H2,1-2,4H3/b17-14+/t15-,18-,19-,20+,21+,23-/m1/s1. The largest absolute Gasteiger partial charge is 0.458 e. The highest BCUT2D eigenvalue weighted by Crippen LogP contribution is 2.60. The average Bonchev–Trinajstić information content (AvgIpc) is 3.10. The van der Waals surface area contributed by atoms with Crippen LogP contribution in [-0.4, -0.2) is 12.1 Å². The molecule has 2 nitrogen and oxygen atoms in total. The van der Waals surface area contributed by atoms with Crippen molar-refractivity contribution in [3.05, 3.63) is 22.7 Å². The van der Waals surface area contributed by atoms with Gasteiger partial charge in [-0.1, -0.05) is 61.7 Å². The van der Waals surface area contributed by atoms with E-state index in [0.29, 0.717) is 16.9 Å². The highest BCUT2D eigenvalue weighted by Gasteiger charge is 2.51. The molecule has 2 saturated carbocycles. The van der Waals surface area contributed by atoms with Crippen LogP contribution in [0.4, 0.5) is 0 Å². The van der Waals surface area contributed by atoms with E-state index in [4.69, 9.17) is 4.74 Å². The molecule has 1 saturated heterocycles. The fraction of sp³-hybridized carbons (Fsp3) is 0.783. The molecule has 26 heavy (non-hydrogen) atoms. The van der Waals surface area contributed by atoms with E-state index in [2.05, 4.69) is 48.3 Å². The van der Waals surface area contributed by atoms with Crippen LogP contribution in [-0.2, 0) is 9.53 Å². The third-order valence-electron chi connectivity index (χ3n) is 7.75. The Kier molecular flexibility index (Phi) is 6.37. The van der Waals surface area contributed by atoms with Crippen molar-refractivity contribution in [3.63, 3.8) is 0 Å². The third-order valence-corrected chi connectivity index (χ3v) is 8.34. The third kappa shape index (κ3) is 3.57. The summed E-state index contributed by atoms with van der Waals surface area (Å²) in [7, 11) is 0. The number of carbonyl (C=O) groups excluding carboxylic acids is 1. The van der Waals surface area contributed by atoms with Gasteiger partial charge in [-0.05, 0) is 73.1 Å². The summed E-state index contributed by atoms with van der Waals surface area (Å²) in [6, 6.07) is 0. The molecular weight excluding hydrogens is 388 g/mol. The molecule has 0 unspecified atom stereocenters. The van der Waals surface area contributed by atoms with Crippen LogP contribution >= 0.6 is 15.9 Å². The van der Waals surface area contributed by atoms with Gasteiger partial charge in [0.2, 0.25) is 0 Å². The molecule has 3 fully saturated rings. The Morgan fingerprint density at radius 3 is 2.88 bits per heavy atom. The maximum absolute atomic E-state index is 12.1. The number of carbonyl (C=O) groups is 1. The minimum Gasteiger partial charge on any atom is -0.458 e. The Labute approximate surface area is 168 Å². The number of unbranched alkanes of at least 4 members (excludes halogenated alkanes) is 1. The highest BCUT2D eigenvalue weighted by molar-refractivity contribution is 9.11. The monoisotopic (exact) mass is 422 g/mol. The van der Waals surface area contributed by atoms with E-state index >= 15 is 0 Å². The van der Waals surface area contributed by atoms with E-state index in [-0.39, 0.29) is 18.0 Å². The number of hydrogen-bond donors (Lipinski definition) is 0. The molecule has 0 amide bonds. The molecule has 2 aliphatic carbocycles. The van der Waals surface area contributed by atoms with Gasteiger partial charge < -0.3 is 4.74 Å². The smallest absolute Gasteiger partial charge is 0.334 e. The van der Waals surface area contributed by atoms with Gasteiger partial charge in [-0.2, -0.15) is 0 Å². The maximum Gasteiger partial charge on any atom is 0.334 e. The molecule has 3 rings (SSSR count). The number of allylic oxidation sites excluding steroid dienone is 1. The number of halogens is 1. The average molecular weight is 423 g/mol. The van der Waals surface area contributed by atoms with E-state index in [1.165, 1.54) is 32.1 Å². The van der Waals surface area contributed by atoms with Crippen molar-refractivity contribution in [3.8, 4) is 0 Å². The van der Waals surface area contributed by atoms with Crippen LogP contribution in [0.3, 0.4) is 0 Å². The Bertz CT molecular complexity index is 581. The van der Waals surface area contributed by atoms with E-state index < -0.39 is 0 Å². The summed E-state index contributed by atoms with van der Waals surface area (Å²) in [5, 5.41) is 0. The van der Waals surface area contributed by atoms with E-state index in [1.54, 1.807) is 5.57 Å². The predicted molar refractivity (Wildman–Crippen MR) is 111 cm³/mol. The summed E-state index contributed by atoms with van der Waals surface area (Å²) in [5.74, 6) is 2.14. The molecule has 1 heterocycles. The van der Waals surface area contributed by atoms with Crippen LogP contribution in [0.5, 0.6) is 0 Å². The van der Waals surface area contributed by atoms with Crippen LogP contribution in [0, 0.1) is 29.1 Å². The quantitative estimate of drug-likeness (QED) is 0.347. The van der Waals surface area contributed by atoms with Crippen LogP contribution in [0.2, 0.25) is 0 Å². The molecule has 0 aromatic carbocycles. The van der Waals surface area contributed by atoms with Crippen molar-refractivity contribution in [1.82, 2.24) is 0 Å². The molecule has 3 aliphatic rings. The summed E-state index contributed by atoms with van der Waals surface area (Å²) in [6.45, 7) is 11.2. The van der Waals surface area contributed by atoms with E-state index in [0.717, 1.165) is 37.5 Å². The second kappa shape index (κ2) is 8.20. The van der Waals surface area contributed by atoms with Crippen molar-refractivity contribution in [1.29, 1.82) is 0 Å². The SMILES string of the molecule is C=C1C(=O)O[C@@H](C[C@@H](C)[C@H]2CC[C@H]3/C(=C/Br)CCC[C@]23C)[C@@H]1CCCC. The van der Waals surface area contributed by atoms with Crippen LogP contribution < -0.4 is 0 Å². The van der Waals surface area contributed by atoms with E-state index in [1.807, 2.05) is 0 Å². The highest BCUT2D eigenvalue weighted by atomic mass is 79.9. The van der Waals surface area contributed by atoms with Gasteiger partial charge in [-0.3, -0.25) is 0 Å². The lowest BCUT2D eigenvalue weighted by Gasteiger charge is -2.44. The van der Waals surface area contributed by atoms with Crippen LogP contribution in [0.15, 0.2) is 22.7 Å². The topological polar surface area (TPSA) is 26.3 Å². The van der Waals surface area contributed by atoms with E-state index in [9.17, 15) is 4.79 Å². The summed E-state index contributed by atoms with van der Waals surface area (Å²) in [6.07, 6.45) is 10.9. The Morgan fingerprint density at radius 1 is 1.42 bits per heavy atom. The normalized spacial score (nSPS) is 39.9. The summed E-state index contributed by atoms with van der Waals surface area (Å²) in [4.78, 5) is 14.3. The first-order valence-electron chi connectivity index (χ1n) is 10.6. The van der Waals surface area contributed by atoms with Crippen molar-refractivity contribution in [2.24, 2.45) is 29.1 Å². The molecule has 146 valence electrons. The second-order valence-corrected chi connectivity index (χ2v) is 9.67. The number of hydrogen-bond acceptors (Lipinski definition) is 2. The van der Waals surface area contributed by atoms with Crippen LogP contribution in [0.25, 0.3) is 0 Å². The number of rotatable bonds is 6. The molecule has 0 aromatic rings. The number of ether oxygens (including phenoxy) is 1. The first-order valence-corrected chi connectivity index (χ1v) is 11.5. The zero-order valence-electron chi connectivity index (χ0n) is 16.7. The molecule has 6 atom stereocenters. The maximum atomic E-state index is 12.1. The lowest BCUT2D eigenvalue weighted by molar-refractivity contribution is -0.140. The van der Waals surface area contributed by atoms with Gasteiger partial charge >= 0.3 is 5.97 Å². The van der Waals surface area contributed by atoms with Gasteiger partial charge in [0.1, 0.15) is 6.10 Å². The minimum atomic E-state index is -0.152. The van der Waals surface area contributed by atoms with Gasteiger partial charge in [0, 0.05) is 11.5 Å². The molecule has 1 aliphatic heterocycles. The predicted octanol–water partition coefficient (Wildman–Crippen LogP) is 6.80. The molecule has 0 N–H and O–H groups in total. The van der Waals surface area contributed by atoms with Gasteiger partial charge in [0.25, 0.3) is 0 Å². The molecule has 0 bridgehead atoms. The Balaban J connectivity index is 1.70. The first-order chi connectivity index (χ1) is 12.4. The van der Waals surface area contributed by atoms with Crippen molar-refractivity contribution >= 4 is 21.9 Å². The van der Waals surface area contributed by atoms with Gasteiger partial charge in [0.15, 0.2) is 0 Å². The number of fused-ring (bicyclic) bond motifs is 1. The van der Waals surface area contributed by atoms with Crippen molar-refractivity contribution in [2.75, 3.05) is 0 Å². The zero-order valence-corrected chi connectivity index (χ0v) is 18.3. The lowest BCUT2D eigenvalue weighted by atomic mass is 9.61. The van der Waals surface area contributed by atoms with Crippen LogP contribution in [0.1, 0.15) is 78.6 Å². The van der Waals surface area contributed by atoms with Crippen molar-refractivity contribution < 1.29 is 9.53 Å². The Hall–Kier alpha value is -0.570. The Morgan fingerprint density at radius 2 is 2.19 bits per heavy atom. The fourth-order valence-corrected chi connectivity index (χ4v) is 6.89. The molecule has 0 radical (unpaired) electrons. The molecule has 0 aromatic heterocycles. The van der Waals surface area contributed by atoms with Gasteiger partial charge in [0.05, 0.1) is 0 Å². The number of esters is 1. The minimum absolute atomic E-state index is 0.0500. The van der Waals surface area contributed by atoms with Gasteiger partial charge in [-0.15, -0.1) is 0 Å². The lowest BCUT2D eigenvalue weighted by Crippen LogP contribution is -2.37. The number of cyclic esters (lactones) is 1.